The first-order chi connectivity index (χ1) is 12.2. The van der Waals surface area contributed by atoms with Gasteiger partial charge in [-0.3, -0.25) is 0 Å². The molecular weight excluding hydrogens is 344 g/mol. The lowest BCUT2D eigenvalue weighted by atomic mass is 10.0. The molecule has 4 heteroatoms. The molecule has 154 valence electrons. The van der Waals surface area contributed by atoms with E-state index >= 15 is 0 Å². The van der Waals surface area contributed by atoms with Crippen LogP contribution in [0.4, 0.5) is 0 Å². The van der Waals surface area contributed by atoms with Crippen LogP contribution in [0.3, 0.4) is 0 Å². The largest absolute Gasteiger partial charge is 1.00 e. The van der Waals surface area contributed by atoms with E-state index in [-0.39, 0.29) is 18.5 Å². The first-order valence-corrected chi connectivity index (χ1v) is 10.9. The highest BCUT2D eigenvalue weighted by Crippen LogP contribution is 2.13. The van der Waals surface area contributed by atoms with Crippen molar-refractivity contribution >= 4 is 0 Å². The number of aliphatic hydroxyl groups excluding tert-OH is 1. The third-order valence-electron chi connectivity index (χ3n) is 4.99. The number of aryl methyl sites for hydroxylation is 1. The summed E-state index contributed by atoms with van der Waals surface area (Å²) < 4.78 is 4.30. The summed E-state index contributed by atoms with van der Waals surface area (Å²) in [4.78, 5) is 0. The third-order valence-corrected chi connectivity index (χ3v) is 4.99. The van der Waals surface area contributed by atoms with Crippen molar-refractivity contribution in [2.75, 3.05) is 0 Å². The highest BCUT2D eigenvalue weighted by atomic mass is 35.5. The smallest absolute Gasteiger partial charge is 0.243 e. The van der Waals surface area contributed by atoms with Crippen molar-refractivity contribution in [1.82, 2.24) is 4.57 Å². The van der Waals surface area contributed by atoms with Crippen LogP contribution < -0.4 is 17.0 Å². The van der Waals surface area contributed by atoms with Gasteiger partial charge in [0.1, 0.15) is 18.9 Å². The molecule has 1 atom stereocenters. The maximum atomic E-state index is 9.39. The zero-order valence-electron chi connectivity index (χ0n) is 17.3. The van der Waals surface area contributed by atoms with Gasteiger partial charge in [0.05, 0.1) is 12.6 Å². The second-order valence-corrected chi connectivity index (χ2v) is 7.79. The quantitative estimate of drug-likeness (QED) is 0.323. The van der Waals surface area contributed by atoms with E-state index in [1.807, 2.05) is 6.92 Å². The van der Waals surface area contributed by atoms with Crippen LogP contribution in [0.25, 0.3) is 0 Å². The van der Waals surface area contributed by atoms with Crippen molar-refractivity contribution < 1.29 is 22.1 Å². The third kappa shape index (κ3) is 14.6. The first kappa shape index (κ1) is 25.5. The predicted molar refractivity (Wildman–Crippen MR) is 107 cm³/mol. The molecule has 0 saturated heterocycles. The fourth-order valence-corrected chi connectivity index (χ4v) is 3.47. The molecule has 0 spiro atoms. The molecular formula is C22H43ClN2O. The molecule has 3 nitrogen and oxygen atoms in total. The summed E-state index contributed by atoms with van der Waals surface area (Å²) >= 11 is 0. The molecule has 26 heavy (non-hydrogen) atoms. The van der Waals surface area contributed by atoms with E-state index in [4.69, 9.17) is 0 Å². The number of rotatable bonds is 17. The van der Waals surface area contributed by atoms with Gasteiger partial charge < -0.3 is 17.5 Å². The lowest BCUT2D eigenvalue weighted by Gasteiger charge is -2.03. The molecule has 1 aromatic rings. The van der Waals surface area contributed by atoms with Crippen LogP contribution in [0.2, 0.25) is 0 Å². The van der Waals surface area contributed by atoms with Crippen LogP contribution in [0, 0.1) is 0 Å². The summed E-state index contributed by atoms with van der Waals surface area (Å²) in [5.74, 6) is 0. The molecule has 0 aliphatic carbocycles. The number of halogens is 1. The van der Waals surface area contributed by atoms with Gasteiger partial charge in [-0.1, -0.05) is 84.0 Å². The van der Waals surface area contributed by atoms with Gasteiger partial charge in [-0.05, 0) is 19.8 Å². The van der Waals surface area contributed by atoms with E-state index < -0.39 is 0 Å². The topological polar surface area (TPSA) is 29.0 Å². The summed E-state index contributed by atoms with van der Waals surface area (Å²) in [6, 6.07) is 0. The van der Waals surface area contributed by atoms with E-state index in [1.54, 1.807) is 0 Å². The van der Waals surface area contributed by atoms with Gasteiger partial charge in [0.2, 0.25) is 6.33 Å². The second-order valence-electron chi connectivity index (χ2n) is 7.79. The van der Waals surface area contributed by atoms with Gasteiger partial charge in [-0.25, -0.2) is 9.13 Å². The number of hydrogen-bond donors (Lipinski definition) is 1. The standard InChI is InChI=1S/C22H43N2O.ClH/c1-3-4-5-6-7-8-9-10-11-12-13-14-15-16-17-23-18-19-24(21-23)20-22(2)25;/h18-19,21-22,25H,3-17,20H2,1-2H3;1H/q+1;/p-1. The maximum absolute atomic E-state index is 9.39. The molecule has 1 N–H and O–H groups in total. The average molecular weight is 387 g/mol. The van der Waals surface area contributed by atoms with Gasteiger partial charge >= 0.3 is 0 Å². The lowest BCUT2D eigenvalue weighted by Crippen LogP contribution is -3.00. The van der Waals surface area contributed by atoms with Crippen molar-refractivity contribution in [3.05, 3.63) is 18.7 Å². The van der Waals surface area contributed by atoms with E-state index in [2.05, 4.69) is 34.8 Å². The molecule has 1 unspecified atom stereocenters. The Labute approximate surface area is 168 Å². The summed E-state index contributed by atoms with van der Waals surface area (Å²) in [6.07, 6.45) is 25.7. The summed E-state index contributed by atoms with van der Waals surface area (Å²) in [7, 11) is 0. The van der Waals surface area contributed by atoms with Crippen molar-refractivity contribution in [2.24, 2.45) is 0 Å². The normalized spacial score (nSPS) is 12.1. The Morgan fingerprint density at radius 2 is 1.27 bits per heavy atom. The zero-order chi connectivity index (χ0) is 18.2. The molecule has 0 saturated carbocycles. The molecule has 0 aromatic carbocycles. The van der Waals surface area contributed by atoms with E-state index in [0.717, 1.165) is 6.54 Å². The van der Waals surface area contributed by atoms with E-state index in [9.17, 15) is 5.11 Å². The number of hydrogen-bond acceptors (Lipinski definition) is 1. The average Bonchev–Trinajstić information content (AvgIpc) is 3.01. The van der Waals surface area contributed by atoms with Gasteiger partial charge in [0, 0.05) is 0 Å². The highest BCUT2D eigenvalue weighted by Gasteiger charge is 2.05. The van der Waals surface area contributed by atoms with Crippen molar-refractivity contribution in [3.8, 4) is 0 Å². The minimum atomic E-state index is -0.276. The Balaban J connectivity index is 0.00000625. The summed E-state index contributed by atoms with van der Waals surface area (Å²) in [5.41, 5.74) is 0. The first-order valence-electron chi connectivity index (χ1n) is 10.9. The van der Waals surface area contributed by atoms with Gasteiger partial charge in [0.15, 0.2) is 0 Å². The van der Waals surface area contributed by atoms with Gasteiger partial charge in [0.25, 0.3) is 0 Å². The van der Waals surface area contributed by atoms with Gasteiger partial charge in [-0.15, -0.1) is 0 Å². The number of nitrogens with zero attached hydrogens (tertiary/aromatic N) is 2. The van der Waals surface area contributed by atoms with Crippen LogP contribution in [-0.2, 0) is 13.1 Å². The predicted octanol–water partition coefficient (Wildman–Crippen LogP) is 2.64. The van der Waals surface area contributed by atoms with Crippen molar-refractivity contribution in [3.63, 3.8) is 0 Å². The van der Waals surface area contributed by atoms with Crippen LogP contribution >= 0.6 is 0 Å². The number of aromatic nitrogens is 2. The molecule has 0 amide bonds. The molecule has 0 aliphatic heterocycles. The molecule has 0 aliphatic rings. The van der Waals surface area contributed by atoms with E-state index in [0.29, 0.717) is 6.54 Å². The number of unbranched alkanes of at least 4 members (excludes halogenated alkanes) is 13. The Morgan fingerprint density at radius 1 is 0.808 bits per heavy atom. The monoisotopic (exact) mass is 386 g/mol. The summed E-state index contributed by atoms with van der Waals surface area (Å²) in [5, 5.41) is 9.39. The molecule has 0 radical (unpaired) electrons. The Hall–Kier alpha value is -0.540. The van der Waals surface area contributed by atoms with Gasteiger partial charge in [-0.2, -0.15) is 0 Å². The molecule has 1 heterocycles. The minimum absolute atomic E-state index is 0. The molecule has 1 aromatic heterocycles. The summed E-state index contributed by atoms with van der Waals surface area (Å²) in [6.45, 7) is 5.91. The Morgan fingerprint density at radius 3 is 1.73 bits per heavy atom. The van der Waals surface area contributed by atoms with Crippen LogP contribution in [0.5, 0.6) is 0 Å². The van der Waals surface area contributed by atoms with Crippen molar-refractivity contribution in [2.45, 2.75) is 123 Å². The SMILES string of the molecule is CCCCCCCCCCCCCCCCn1cc[n+](CC(C)O)c1.[Cl-]. The second kappa shape index (κ2) is 17.9. The van der Waals surface area contributed by atoms with Crippen molar-refractivity contribution in [1.29, 1.82) is 0 Å². The number of aliphatic hydroxyl groups is 1. The fourth-order valence-electron chi connectivity index (χ4n) is 3.47. The Bertz CT molecular complexity index is 407. The van der Waals surface area contributed by atoms with E-state index in [1.165, 1.54) is 89.9 Å². The lowest BCUT2D eigenvalue weighted by molar-refractivity contribution is -0.702. The number of imidazole rings is 1. The molecule has 0 fully saturated rings. The molecule has 0 bridgehead atoms. The van der Waals surface area contributed by atoms with Crippen LogP contribution in [0.15, 0.2) is 18.7 Å². The maximum Gasteiger partial charge on any atom is 0.243 e. The Kier molecular flexibility index (Phi) is 17.5. The highest BCUT2D eigenvalue weighted by molar-refractivity contribution is 4.66. The fraction of sp³-hybridized carbons (Fsp3) is 0.864. The molecule has 1 rings (SSSR count). The minimum Gasteiger partial charge on any atom is -1.00 e. The van der Waals surface area contributed by atoms with Crippen LogP contribution in [-0.4, -0.2) is 15.8 Å². The zero-order valence-corrected chi connectivity index (χ0v) is 18.1. The van der Waals surface area contributed by atoms with Crippen LogP contribution in [0.1, 0.15) is 104 Å².